The molecule has 0 atom stereocenters. The molecule has 14 heavy (non-hydrogen) atoms. The van der Waals surface area contributed by atoms with Crippen LogP contribution in [-0.2, 0) is 5.88 Å². The molecule has 0 aromatic carbocycles. The Bertz CT molecular complexity index is 449. The third-order valence-electron chi connectivity index (χ3n) is 1.60. The number of rotatable bonds is 2. The van der Waals surface area contributed by atoms with E-state index in [4.69, 9.17) is 34.8 Å². The second-order valence-corrected chi connectivity index (χ2v) is 5.99. The molecular formula is C8H4Cl3NS2. The van der Waals surface area contributed by atoms with Gasteiger partial charge in [-0.3, -0.25) is 0 Å². The number of alkyl halides is 1. The Labute approximate surface area is 104 Å². The van der Waals surface area contributed by atoms with Crippen molar-refractivity contribution in [3.8, 4) is 11.3 Å². The number of aromatic nitrogens is 1. The van der Waals surface area contributed by atoms with Crippen molar-refractivity contribution < 1.29 is 0 Å². The molecule has 2 heterocycles. The first kappa shape index (κ1) is 10.7. The van der Waals surface area contributed by atoms with Gasteiger partial charge in [0.25, 0.3) is 0 Å². The number of nitrogens with zero attached hydrogens (tertiary/aromatic N) is 1. The molecule has 0 saturated heterocycles. The monoisotopic (exact) mass is 283 g/mol. The Hall–Kier alpha value is 0.200. The van der Waals surface area contributed by atoms with Gasteiger partial charge in [-0.2, -0.15) is 0 Å². The molecule has 0 N–H and O–H groups in total. The molecule has 0 aliphatic heterocycles. The summed E-state index contributed by atoms with van der Waals surface area (Å²) in [6.07, 6.45) is 0. The van der Waals surface area contributed by atoms with Crippen molar-refractivity contribution in [3.05, 3.63) is 25.1 Å². The molecular weight excluding hydrogens is 281 g/mol. The van der Waals surface area contributed by atoms with Crippen molar-refractivity contribution >= 4 is 57.5 Å². The molecule has 1 nitrogen and oxygen atoms in total. The minimum atomic E-state index is 0.431. The Kier molecular flexibility index (Phi) is 3.34. The van der Waals surface area contributed by atoms with Crippen LogP contribution in [0.2, 0.25) is 8.67 Å². The van der Waals surface area contributed by atoms with Crippen LogP contribution < -0.4 is 0 Å². The van der Waals surface area contributed by atoms with E-state index in [2.05, 4.69) is 4.98 Å². The number of thiophene rings is 1. The second kappa shape index (κ2) is 4.37. The van der Waals surface area contributed by atoms with E-state index in [9.17, 15) is 0 Å². The first-order valence-corrected chi connectivity index (χ1v) is 6.65. The van der Waals surface area contributed by atoms with Crippen LogP contribution in [0.5, 0.6) is 0 Å². The van der Waals surface area contributed by atoms with Gasteiger partial charge in [0, 0.05) is 10.9 Å². The quantitative estimate of drug-likeness (QED) is 0.714. The molecule has 0 radical (unpaired) electrons. The standard InChI is InChI=1S/C8H4Cl3NS2/c9-2-7-12-5(3-13-7)4-1-6(10)14-8(4)11/h1,3H,2H2. The average Bonchev–Trinajstić information content (AvgIpc) is 2.71. The molecule has 6 heteroatoms. The highest BCUT2D eigenvalue weighted by Gasteiger charge is 2.11. The first-order valence-electron chi connectivity index (χ1n) is 3.66. The maximum absolute atomic E-state index is 6.00. The van der Waals surface area contributed by atoms with Gasteiger partial charge >= 0.3 is 0 Å². The summed E-state index contributed by atoms with van der Waals surface area (Å²) in [4.78, 5) is 4.32. The van der Waals surface area contributed by atoms with Crippen LogP contribution >= 0.6 is 57.5 Å². The average molecular weight is 285 g/mol. The summed E-state index contributed by atoms with van der Waals surface area (Å²) < 4.78 is 1.34. The Morgan fingerprint density at radius 2 is 2.14 bits per heavy atom. The van der Waals surface area contributed by atoms with Crippen LogP contribution in [0.4, 0.5) is 0 Å². The van der Waals surface area contributed by atoms with Crippen LogP contribution in [-0.4, -0.2) is 4.98 Å². The van der Waals surface area contributed by atoms with Crippen LogP contribution in [0.1, 0.15) is 5.01 Å². The first-order chi connectivity index (χ1) is 6.70. The summed E-state index contributed by atoms with van der Waals surface area (Å²) in [6, 6.07) is 1.82. The fraction of sp³-hybridized carbons (Fsp3) is 0.125. The van der Waals surface area contributed by atoms with E-state index >= 15 is 0 Å². The summed E-state index contributed by atoms with van der Waals surface area (Å²) in [7, 11) is 0. The number of thiazole rings is 1. The summed E-state index contributed by atoms with van der Waals surface area (Å²) >= 11 is 20.4. The molecule has 0 fully saturated rings. The van der Waals surface area contributed by atoms with Gasteiger partial charge in [-0.05, 0) is 6.07 Å². The Morgan fingerprint density at radius 3 is 2.64 bits per heavy atom. The molecule has 2 aromatic rings. The summed E-state index contributed by atoms with van der Waals surface area (Å²) in [5.74, 6) is 0.431. The van der Waals surface area contributed by atoms with E-state index < -0.39 is 0 Å². The zero-order valence-electron chi connectivity index (χ0n) is 6.76. The SMILES string of the molecule is ClCc1nc(-c2cc(Cl)sc2Cl)cs1. The minimum Gasteiger partial charge on any atom is -0.240 e. The predicted octanol–water partition coefficient (Wildman–Crippen LogP) is 4.92. The highest BCUT2D eigenvalue weighted by molar-refractivity contribution is 7.20. The normalized spacial score (nSPS) is 10.8. The van der Waals surface area contributed by atoms with Gasteiger partial charge in [-0.1, -0.05) is 23.2 Å². The lowest BCUT2D eigenvalue weighted by Crippen LogP contribution is -1.76. The molecule has 74 valence electrons. The van der Waals surface area contributed by atoms with Gasteiger partial charge < -0.3 is 0 Å². The lowest BCUT2D eigenvalue weighted by Gasteiger charge is -1.90. The van der Waals surface area contributed by atoms with E-state index in [-0.39, 0.29) is 0 Å². The van der Waals surface area contributed by atoms with Gasteiger partial charge in [0.15, 0.2) is 0 Å². The van der Waals surface area contributed by atoms with Crippen LogP contribution in [0.25, 0.3) is 11.3 Å². The van der Waals surface area contributed by atoms with Gasteiger partial charge in [0.05, 0.1) is 15.9 Å². The molecule has 0 amide bonds. The lowest BCUT2D eigenvalue weighted by molar-refractivity contribution is 1.27. The van der Waals surface area contributed by atoms with Crippen molar-refractivity contribution in [2.45, 2.75) is 5.88 Å². The summed E-state index contributed by atoms with van der Waals surface area (Å²) in [5, 5.41) is 2.82. The number of halogens is 3. The maximum atomic E-state index is 6.00. The van der Waals surface area contributed by atoms with Gasteiger partial charge in [0.2, 0.25) is 0 Å². The lowest BCUT2D eigenvalue weighted by atomic mass is 10.3. The number of hydrogen-bond donors (Lipinski definition) is 0. The number of hydrogen-bond acceptors (Lipinski definition) is 3. The molecule has 0 spiro atoms. The van der Waals surface area contributed by atoms with Gasteiger partial charge in [-0.15, -0.1) is 34.3 Å². The van der Waals surface area contributed by atoms with Crippen LogP contribution in [0, 0.1) is 0 Å². The zero-order valence-corrected chi connectivity index (χ0v) is 10.7. The van der Waals surface area contributed by atoms with Crippen molar-refractivity contribution in [2.75, 3.05) is 0 Å². The highest BCUT2D eigenvalue weighted by atomic mass is 35.5. The Balaban J connectivity index is 2.43. The van der Waals surface area contributed by atoms with Crippen molar-refractivity contribution in [1.82, 2.24) is 4.98 Å². The fourth-order valence-electron chi connectivity index (χ4n) is 1.01. The van der Waals surface area contributed by atoms with Crippen molar-refractivity contribution in [2.24, 2.45) is 0 Å². The fourth-order valence-corrected chi connectivity index (χ4v) is 3.38. The topological polar surface area (TPSA) is 12.9 Å². The predicted molar refractivity (Wildman–Crippen MR) is 65.0 cm³/mol. The van der Waals surface area contributed by atoms with E-state index in [0.717, 1.165) is 16.3 Å². The van der Waals surface area contributed by atoms with Crippen LogP contribution in [0.3, 0.4) is 0 Å². The summed E-state index contributed by atoms with van der Waals surface area (Å²) in [5.41, 5.74) is 1.73. The molecule has 0 aliphatic rings. The largest absolute Gasteiger partial charge is 0.240 e. The van der Waals surface area contributed by atoms with E-state index in [1.165, 1.54) is 22.7 Å². The Morgan fingerprint density at radius 1 is 1.36 bits per heavy atom. The summed E-state index contributed by atoms with van der Waals surface area (Å²) in [6.45, 7) is 0. The van der Waals surface area contributed by atoms with Gasteiger partial charge in [-0.25, -0.2) is 4.98 Å². The van der Waals surface area contributed by atoms with E-state index in [1.807, 2.05) is 11.4 Å². The zero-order chi connectivity index (χ0) is 10.1. The molecule has 0 saturated carbocycles. The minimum absolute atomic E-state index is 0.431. The molecule has 0 unspecified atom stereocenters. The molecule has 0 bridgehead atoms. The molecule has 2 rings (SSSR count). The third-order valence-corrected chi connectivity index (χ3v) is 4.35. The van der Waals surface area contributed by atoms with Crippen LogP contribution in [0.15, 0.2) is 11.4 Å². The van der Waals surface area contributed by atoms with Gasteiger partial charge in [0.1, 0.15) is 9.34 Å². The highest BCUT2D eigenvalue weighted by Crippen LogP contribution is 2.38. The van der Waals surface area contributed by atoms with Crippen molar-refractivity contribution in [1.29, 1.82) is 0 Å². The molecule has 0 aliphatic carbocycles. The van der Waals surface area contributed by atoms with E-state index in [0.29, 0.717) is 14.6 Å². The maximum Gasteiger partial charge on any atom is 0.108 e. The van der Waals surface area contributed by atoms with Crippen molar-refractivity contribution in [3.63, 3.8) is 0 Å². The molecule has 2 aromatic heterocycles. The third kappa shape index (κ3) is 2.07. The smallest absolute Gasteiger partial charge is 0.108 e. The van der Waals surface area contributed by atoms with E-state index in [1.54, 1.807) is 0 Å². The second-order valence-electron chi connectivity index (χ2n) is 2.50.